The first-order valence-corrected chi connectivity index (χ1v) is 7.30. The number of rotatable bonds is 2. The molecular formula is C15H20N4O2. The highest BCUT2D eigenvalue weighted by Gasteiger charge is 2.41. The van der Waals surface area contributed by atoms with E-state index in [9.17, 15) is 9.59 Å². The molecule has 112 valence electrons. The van der Waals surface area contributed by atoms with Crippen molar-refractivity contribution >= 4 is 11.8 Å². The smallest absolute Gasteiger partial charge is 0.245 e. The Morgan fingerprint density at radius 2 is 2.14 bits per heavy atom. The molecule has 3 rings (SSSR count). The Hall–Kier alpha value is -1.95. The van der Waals surface area contributed by atoms with Gasteiger partial charge in [-0.2, -0.15) is 0 Å². The second kappa shape index (κ2) is 5.44. The first-order valence-electron chi connectivity index (χ1n) is 7.30. The molecule has 0 bridgehead atoms. The van der Waals surface area contributed by atoms with Gasteiger partial charge in [-0.3, -0.25) is 19.5 Å². The highest BCUT2D eigenvalue weighted by Crippen LogP contribution is 2.17. The van der Waals surface area contributed by atoms with Crippen molar-refractivity contribution in [3.05, 3.63) is 29.6 Å². The molecule has 2 amide bonds. The summed E-state index contributed by atoms with van der Waals surface area (Å²) in [4.78, 5) is 32.6. The summed E-state index contributed by atoms with van der Waals surface area (Å²) in [7, 11) is 0. The molecule has 0 aliphatic carbocycles. The van der Waals surface area contributed by atoms with E-state index in [4.69, 9.17) is 0 Å². The van der Waals surface area contributed by atoms with Crippen LogP contribution in [0.25, 0.3) is 0 Å². The maximum atomic E-state index is 12.1. The van der Waals surface area contributed by atoms with Crippen LogP contribution < -0.4 is 5.32 Å². The molecular weight excluding hydrogens is 268 g/mol. The number of aryl methyl sites for hydroxylation is 1. The molecule has 3 heterocycles. The second-order valence-corrected chi connectivity index (χ2v) is 5.78. The fourth-order valence-corrected chi connectivity index (χ4v) is 3.01. The fourth-order valence-electron chi connectivity index (χ4n) is 3.01. The van der Waals surface area contributed by atoms with Gasteiger partial charge in [0.25, 0.3) is 0 Å². The van der Waals surface area contributed by atoms with E-state index in [2.05, 4.69) is 15.2 Å². The molecule has 2 aliphatic rings. The maximum Gasteiger partial charge on any atom is 0.245 e. The normalized spacial score (nSPS) is 26.5. The van der Waals surface area contributed by atoms with E-state index >= 15 is 0 Å². The predicted octanol–water partition coefficient (Wildman–Crippen LogP) is -0.0789. The number of nitrogens with one attached hydrogen (secondary N) is 1. The number of carbonyl (C=O) groups is 2. The van der Waals surface area contributed by atoms with E-state index in [-0.39, 0.29) is 17.9 Å². The van der Waals surface area contributed by atoms with E-state index in [0.29, 0.717) is 19.6 Å². The molecule has 2 atom stereocenters. The Labute approximate surface area is 124 Å². The Morgan fingerprint density at radius 1 is 1.33 bits per heavy atom. The number of carbonyl (C=O) groups excluding carboxylic acids is 2. The second-order valence-electron chi connectivity index (χ2n) is 5.78. The molecule has 21 heavy (non-hydrogen) atoms. The van der Waals surface area contributed by atoms with Crippen molar-refractivity contribution in [2.45, 2.75) is 32.5 Å². The summed E-state index contributed by atoms with van der Waals surface area (Å²) >= 11 is 0. The maximum absolute atomic E-state index is 12.1. The van der Waals surface area contributed by atoms with Crippen LogP contribution >= 0.6 is 0 Å². The van der Waals surface area contributed by atoms with E-state index in [1.54, 1.807) is 11.8 Å². The van der Waals surface area contributed by atoms with Crippen molar-refractivity contribution < 1.29 is 9.59 Å². The van der Waals surface area contributed by atoms with Crippen LogP contribution in [0.4, 0.5) is 0 Å². The van der Waals surface area contributed by atoms with Gasteiger partial charge in [0, 0.05) is 31.9 Å². The van der Waals surface area contributed by atoms with Gasteiger partial charge in [0.2, 0.25) is 11.8 Å². The van der Waals surface area contributed by atoms with Gasteiger partial charge in [-0.05, 0) is 26.0 Å². The number of pyridine rings is 1. The van der Waals surface area contributed by atoms with Crippen LogP contribution in [0.2, 0.25) is 0 Å². The number of hydrogen-bond acceptors (Lipinski definition) is 4. The average Bonchev–Trinajstić information content (AvgIpc) is 2.45. The van der Waals surface area contributed by atoms with Crippen molar-refractivity contribution in [1.29, 1.82) is 0 Å². The Kier molecular flexibility index (Phi) is 3.63. The van der Waals surface area contributed by atoms with Gasteiger partial charge in [0.15, 0.2) is 0 Å². The lowest BCUT2D eigenvalue weighted by Crippen LogP contribution is -2.68. The Morgan fingerprint density at radius 3 is 2.90 bits per heavy atom. The van der Waals surface area contributed by atoms with Gasteiger partial charge >= 0.3 is 0 Å². The van der Waals surface area contributed by atoms with Crippen LogP contribution in [0.1, 0.15) is 18.3 Å². The molecule has 0 unspecified atom stereocenters. The molecule has 1 aromatic rings. The number of piperazine rings is 2. The monoisotopic (exact) mass is 288 g/mol. The molecule has 1 N–H and O–H groups in total. The van der Waals surface area contributed by atoms with E-state index in [0.717, 1.165) is 17.9 Å². The van der Waals surface area contributed by atoms with Crippen LogP contribution in [0, 0.1) is 6.92 Å². The molecule has 2 fully saturated rings. The average molecular weight is 288 g/mol. The van der Waals surface area contributed by atoms with Crippen molar-refractivity contribution in [1.82, 2.24) is 20.1 Å². The highest BCUT2D eigenvalue weighted by atomic mass is 16.2. The fraction of sp³-hybridized carbons (Fsp3) is 0.533. The van der Waals surface area contributed by atoms with E-state index < -0.39 is 6.04 Å². The van der Waals surface area contributed by atoms with Crippen LogP contribution in [0.3, 0.4) is 0 Å². The van der Waals surface area contributed by atoms with E-state index in [1.807, 2.05) is 25.1 Å². The zero-order valence-electron chi connectivity index (χ0n) is 12.4. The summed E-state index contributed by atoms with van der Waals surface area (Å²) < 4.78 is 0. The number of amides is 2. The third kappa shape index (κ3) is 2.76. The molecule has 6 heteroatoms. The first-order chi connectivity index (χ1) is 10.0. The van der Waals surface area contributed by atoms with Gasteiger partial charge < -0.3 is 10.2 Å². The molecule has 0 aromatic carbocycles. The summed E-state index contributed by atoms with van der Waals surface area (Å²) in [5.74, 6) is -0.0306. The van der Waals surface area contributed by atoms with Gasteiger partial charge in [-0.25, -0.2) is 0 Å². The zero-order chi connectivity index (χ0) is 15.0. The number of hydrogen-bond donors (Lipinski definition) is 1. The minimum absolute atomic E-state index is 0.0212. The highest BCUT2D eigenvalue weighted by molar-refractivity contribution is 5.97. The standard InChI is InChI=1S/C15H20N4O2/c1-10-4-3-5-12(16-10)8-18-6-7-19-13(9-18)14(20)17-11(2)15(19)21/h3-5,11,13H,6-9H2,1-2H3,(H,17,20)/t11-,13-/m1/s1. The predicted molar refractivity (Wildman–Crippen MR) is 77.4 cm³/mol. The van der Waals surface area contributed by atoms with Crippen LogP contribution in [0.15, 0.2) is 18.2 Å². The molecule has 0 spiro atoms. The zero-order valence-corrected chi connectivity index (χ0v) is 12.4. The Bertz CT molecular complexity index is 575. The topological polar surface area (TPSA) is 65.5 Å². The SMILES string of the molecule is Cc1cccc(CN2CCN3C(=O)[C@@H](C)NC(=O)[C@H]3C2)n1. The van der Waals surface area contributed by atoms with Gasteiger partial charge in [-0.15, -0.1) is 0 Å². The summed E-state index contributed by atoms with van der Waals surface area (Å²) in [6.07, 6.45) is 0. The third-order valence-corrected chi connectivity index (χ3v) is 4.11. The summed E-state index contributed by atoms with van der Waals surface area (Å²) in [6.45, 7) is 6.36. The molecule has 6 nitrogen and oxygen atoms in total. The van der Waals surface area contributed by atoms with Crippen molar-refractivity contribution in [2.24, 2.45) is 0 Å². The van der Waals surface area contributed by atoms with Crippen LogP contribution in [-0.4, -0.2) is 58.3 Å². The lowest BCUT2D eigenvalue weighted by atomic mass is 10.0. The first kappa shape index (κ1) is 14.0. The quantitative estimate of drug-likeness (QED) is 0.827. The largest absolute Gasteiger partial charge is 0.343 e. The van der Waals surface area contributed by atoms with Gasteiger partial charge in [0.05, 0.1) is 5.69 Å². The molecule has 0 saturated carbocycles. The molecule has 1 aromatic heterocycles. The number of nitrogens with zero attached hydrogens (tertiary/aromatic N) is 3. The van der Waals surface area contributed by atoms with Gasteiger partial charge in [0.1, 0.15) is 12.1 Å². The summed E-state index contributed by atoms with van der Waals surface area (Å²) in [6, 6.07) is 5.18. The van der Waals surface area contributed by atoms with Crippen LogP contribution in [-0.2, 0) is 16.1 Å². The van der Waals surface area contributed by atoms with Crippen molar-refractivity contribution in [3.8, 4) is 0 Å². The van der Waals surface area contributed by atoms with Crippen LogP contribution in [0.5, 0.6) is 0 Å². The minimum atomic E-state index is -0.404. The lowest BCUT2D eigenvalue weighted by molar-refractivity contribution is -0.152. The molecule has 0 radical (unpaired) electrons. The van der Waals surface area contributed by atoms with Gasteiger partial charge in [-0.1, -0.05) is 6.07 Å². The Balaban J connectivity index is 1.69. The lowest BCUT2D eigenvalue weighted by Gasteiger charge is -2.44. The summed E-state index contributed by atoms with van der Waals surface area (Å²) in [5, 5.41) is 2.75. The number of fused-ring (bicyclic) bond motifs is 1. The van der Waals surface area contributed by atoms with Crippen molar-refractivity contribution in [2.75, 3.05) is 19.6 Å². The minimum Gasteiger partial charge on any atom is -0.343 e. The third-order valence-electron chi connectivity index (χ3n) is 4.11. The molecule has 2 saturated heterocycles. The van der Waals surface area contributed by atoms with Crippen molar-refractivity contribution in [3.63, 3.8) is 0 Å². The number of aromatic nitrogens is 1. The summed E-state index contributed by atoms with van der Waals surface area (Å²) in [5.41, 5.74) is 1.99. The molecule has 2 aliphatic heterocycles. The van der Waals surface area contributed by atoms with E-state index in [1.165, 1.54) is 0 Å².